The zero-order chi connectivity index (χ0) is 26.4. The maximum absolute atomic E-state index is 12.9. The number of carbonyl (C=O) groups excluding carboxylic acids is 1. The average molecular weight is 602 g/mol. The molecule has 1 N–H and O–H groups in total. The van der Waals surface area contributed by atoms with Gasteiger partial charge in [0.05, 0.1) is 10.2 Å². The molecule has 0 fully saturated rings. The molecule has 0 heterocycles. The molecule has 0 aromatic heterocycles. The summed E-state index contributed by atoms with van der Waals surface area (Å²) in [7, 11) is 0. The van der Waals surface area contributed by atoms with E-state index in [9.17, 15) is 10.1 Å². The van der Waals surface area contributed by atoms with Crippen LogP contribution in [0.1, 0.15) is 29.2 Å². The maximum Gasteiger partial charge on any atom is 0.266 e. The summed E-state index contributed by atoms with van der Waals surface area (Å²) in [5.41, 5.74) is 4.40. The fourth-order valence-corrected chi connectivity index (χ4v) is 4.80. The predicted octanol–water partition coefficient (Wildman–Crippen LogP) is 7.58. The van der Waals surface area contributed by atoms with E-state index in [0.29, 0.717) is 36.0 Å². The van der Waals surface area contributed by atoms with E-state index in [1.807, 2.05) is 69.3 Å². The van der Waals surface area contributed by atoms with Crippen LogP contribution in [-0.2, 0) is 11.4 Å². The maximum atomic E-state index is 12.9. The first kappa shape index (κ1) is 26.2. The fraction of sp³-hybridized carbons (Fsp3) is 0.161. The van der Waals surface area contributed by atoms with Gasteiger partial charge in [-0.2, -0.15) is 5.26 Å². The van der Waals surface area contributed by atoms with Crippen LogP contribution >= 0.6 is 22.6 Å². The Morgan fingerprint density at radius 1 is 1.03 bits per heavy atom. The number of rotatable bonds is 8. The lowest BCUT2D eigenvalue weighted by Crippen LogP contribution is -2.14. The van der Waals surface area contributed by atoms with E-state index < -0.39 is 5.91 Å². The van der Waals surface area contributed by atoms with Gasteiger partial charge in [-0.15, -0.1) is 0 Å². The number of nitrogens with zero attached hydrogens (tertiary/aromatic N) is 1. The minimum atomic E-state index is -0.458. The summed E-state index contributed by atoms with van der Waals surface area (Å²) < 4.78 is 13.0. The molecular weight excluding hydrogens is 575 g/mol. The molecule has 37 heavy (non-hydrogen) atoms. The Bertz CT molecular complexity index is 1530. The van der Waals surface area contributed by atoms with Crippen LogP contribution < -0.4 is 14.8 Å². The monoisotopic (exact) mass is 602 g/mol. The van der Waals surface area contributed by atoms with Gasteiger partial charge in [0.2, 0.25) is 0 Å². The summed E-state index contributed by atoms with van der Waals surface area (Å²) >= 11 is 2.20. The van der Waals surface area contributed by atoms with Gasteiger partial charge in [0.25, 0.3) is 5.91 Å². The standard InChI is InChI=1S/C31H27IN2O3/c1-4-36-29-17-22(15-25(18-33)31(35)34-28-14-20(2)12-13-21(28)3)16-27(32)30(29)37-19-24-10-7-9-23-8-5-6-11-26(23)24/h5-17H,4,19H2,1-3H3,(H,34,35)/b25-15+. The molecule has 0 saturated heterocycles. The number of halogens is 1. The Hall–Kier alpha value is -3.83. The summed E-state index contributed by atoms with van der Waals surface area (Å²) in [5.74, 6) is 0.736. The lowest BCUT2D eigenvalue weighted by molar-refractivity contribution is -0.112. The van der Waals surface area contributed by atoms with Gasteiger partial charge >= 0.3 is 0 Å². The van der Waals surface area contributed by atoms with Gasteiger partial charge < -0.3 is 14.8 Å². The summed E-state index contributed by atoms with van der Waals surface area (Å²) in [4.78, 5) is 12.9. The smallest absolute Gasteiger partial charge is 0.266 e. The summed E-state index contributed by atoms with van der Waals surface area (Å²) in [5, 5.41) is 14.9. The number of ether oxygens (including phenoxy) is 2. The zero-order valence-corrected chi connectivity index (χ0v) is 23.1. The molecule has 0 aliphatic rings. The van der Waals surface area contributed by atoms with E-state index in [2.05, 4.69) is 52.2 Å². The molecule has 5 nitrogen and oxygen atoms in total. The predicted molar refractivity (Wildman–Crippen MR) is 157 cm³/mol. The molecule has 0 aliphatic carbocycles. The first-order chi connectivity index (χ1) is 17.9. The summed E-state index contributed by atoms with van der Waals surface area (Å²) in [6, 6.07) is 25.9. The van der Waals surface area contributed by atoms with Crippen LogP contribution in [0.2, 0.25) is 0 Å². The molecule has 1 amide bonds. The molecule has 0 unspecified atom stereocenters. The zero-order valence-electron chi connectivity index (χ0n) is 21.0. The number of fused-ring (bicyclic) bond motifs is 1. The van der Waals surface area contributed by atoms with E-state index in [0.717, 1.165) is 31.0 Å². The quantitative estimate of drug-likeness (QED) is 0.128. The average Bonchev–Trinajstić information content (AvgIpc) is 2.89. The molecule has 0 saturated carbocycles. The van der Waals surface area contributed by atoms with Gasteiger partial charge in [-0.3, -0.25) is 4.79 Å². The molecule has 186 valence electrons. The van der Waals surface area contributed by atoms with Gasteiger partial charge in [-0.1, -0.05) is 54.6 Å². The van der Waals surface area contributed by atoms with Crippen LogP contribution in [0.25, 0.3) is 16.8 Å². The second kappa shape index (κ2) is 11.9. The van der Waals surface area contributed by atoms with E-state index in [1.165, 1.54) is 0 Å². The van der Waals surface area contributed by atoms with Crippen molar-refractivity contribution in [2.24, 2.45) is 0 Å². The number of hydrogen-bond acceptors (Lipinski definition) is 4. The van der Waals surface area contributed by atoms with Crippen LogP contribution in [0, 0.1) is 28.7 Å². The number of aryl methyl sites for hydroxylation is 2. The highest BCUT2D eigenvalue weighted by Gasteiger charge is 2.16. The summed E-state index contributed by atoms with van der Waals surface area (Å²) in [6.07, 6.45) is 1.57. The van der Waals surface area contributed by atoms with Gasteiger partial charge in [-0.05, 0) is 101 Å². The van der Waals surface area contributed by atoms with Crippen molar-refractivity contribution in [3.8, 4) is 17.6 Å². The van der Waals surface area contributed by atoms with Gasteiger partial charge in [0.15, 0.2) is 11.5 Å². The van der Waals surface area contributed by atoms with Crippen LogP contribution in [0.5, 0.6) is 11.5 Å². The van der Waals surface area contributed by atoms with Crippen LogP contribution in [0.15, 0.2) is 78.4 Å². The van der Waals surface area contributed by atoms with Crippen LogP contribution in [0.4, 0.5) is 5.69 Å². The number of carbonyl (C=O) groups is 1. The normalized spacial score (nSPS) is 11.2. The lowest BCUT2D eigenvalue weighted by Gasteiger charge is -2.16. The topological polar surface area (TPSA) is 71.3 Å². The largest absolute Gasteiger partial charge is 0.490 e. The molecule has 4 aromatic rings. The van der Waals surface area contributed by atoms with E-state index in [-0.39, 0.29) is 5.57 Å². The van der Waals surface area contributed by atoms with Crippen molar-refractivity contribution in [1.29, 1.82) is 5.26 Å². The van der Waals surface area contributed by atoms with Crippen molar-refractivity contribution in [2.75, 3.05) is 11.9 Å². The third kappa shape index (κ3) is 6.30. The van der Waals surface area contributed by atoms with Crippen molar-refractivity contribution in [1.82, 2.24) is 0 Å². The van der Waals surface area contributed by atoms with Crippen molar-refractivity contribution in [3.05, 3.63) is 104 Å². The Morgan fingerprint density at radius 3 is 2.59 bits per heavy atom. The van der Waals surface area contributed by atoms with Gasteiger partial charge in [-0.25, -0.2) is 0 Å². The minimum Gasteiger partial charge on any atom is -0.490 e. The highest BCUT2D eigenvalue weighted by molar-refractivity contribution is 14.1. The highest BCUT2D eigenvalue weighted by atomic mass is 127. The van der Waals surface area contributed by atoms with Crippen molar-refractivity contribution in [3.63, 3.8) is 0 Å². The summed E-state index contributed by atoms with van der Waals surface area (Å²) in [6.45, 7) is 6.61. The highest BCUT2D eigenvalue weighted by Crippen LogP contribution is 2.36. The van der Waals surface area contributed by atoms with Crippen LogP contribution in [0.3, 0.4) is 0 Å². The molecule has 6 heteroatoms. The molecule has 0 aliphatic heterocycles. The Kier molecular flexibility index (Phi) is 8.47. The first-order valence-corrected chi connectivity index (χ1v) is 13.0. The lowest BCUT2D eigenvalue weighted by atomic mass is 10.1. The van der Waals surface area contributed by atoms with Gasteiger partial charge in [0, 0.05) is 5.69 Å². The Labute approximate surface area is 230 Å². The van der Waals surface area contributed by atoms with Gasteiger partial charge in [0.1, 0.15) is 18.2 Å². The molecule has 0 radical (unpaired) electrons. The molecule has 0 atom stereocenters. The number of benzene rings is 4. The number of nitrogens with one attached hydrogen (secondary N) is 1. The number of amides is 1. The molecule has 0 spiro atoms. The Morgan fingerprint density at radius 2 is 1.81 bits per heavy atom. The number of nitriles is 1. The van der Waals surface area contributed by atoms with Crippen molar-refractivity contribution >= 4 is 51.0 Å². The van der Waals surface area contributed by atoms with E-state index in [1.54, 1.807) is 12.1 Å². The molecule has 4 aromatic carbocycles. The SMILES string of the molecule is CCOc1cc(/C=C(\C#N)C(=O)Nc2cc(C)ccc2C)cc(I)c1OCc1cccc2ccccc12. The minimum absolute atomic E-state index is 0.00331. The van der Waals surface area contributed by atoms with Crippen molar-refractivity contribution in [2.45, 2.75) is 27.4 Å². The molecule has 4 rings (SSSR count). The fourth-order valence-electron chi connectivity index (χ4n) is 4.02. The molecule has 0 bridgehead atoms. The third-order valence-corrected chi connectivity index (χ3v) is 6.70. The second-order valence-electron chi connectivity index (χ2n) is 8.63. The number of hydrogen-bond donors (Lipinski definition) is 1. The first-order valence-electron chi connectivity index (χ1n) is 12.0. The van der Waals surface area contributed by atoms with E-state index in [4.69, 9.17) is 9.47 Å². The number of anilines is 1. The van der Waals surface area contributed by atoms with Crippen molar-refractivity contribution < 1.29 is 14.3 Å². The Balaban J connectivity index is 1.60. The van der Waals surface area contributed by atoms with E-state index >= 15 is 0 Å². The third-order valence-electron chi connectivity index (χ3n) is 5.90. The molecular formula is C31H27IN2O3. The van der Waals surface area contributed by atoms with Crippen LogP contribution in [-0.4, -0.2) is 12.5 Å². The second-order valence-corrected chi connectivity index (χ2v) is 9.79.